The Morgan fingerprint density at radius 1 is 1.26 bits per heavy atom. The van der Waals surface area contributed by atoms with Crippen LogP contribution in [-0.2, 0) is 22.6 Å². The predicted octanol–water partition coefficient (Wildman–Crippen LogP) is 1.83. The van der Waals surface area contributed by atoms with E-state index in [9.17, 15) is 0 Å². The molecule has 0 radical (unpaired) electrons. The van der Waals surface area contributed by atoms with E-state index >= 15 is 0 Å². The quantitative estimate of drug-likeness (QED) is 0.588. The monoisotopic (exact) mass is 269 g/mol. The highest BCUT2D eigenvalue weighted by molar-refractivity contribution is 4.99. The molecule has 0 unspecified atom stereocenters. The zero-order chi connectivity index (χ0) is 13.8. The molecule has 5 nitrogen and oxygen atoms in total. The van der Waals surface area contributed by atoms with Gasteiger partial charge in [-0.25, -0.2) is 0 Å². The lowest BCUT2D eigenvalue weighted by molar-refractivity contribution is 0.0688. The average Bonchev–Trinajstić information content (AvgIpc) is 2.85. The van der Waals surface area contributed by atoms with E-state index in [1.165, 1.54) is 5.69 Å². The first-order chi connectivity index (χ1) is 9.38. The van der Waals surface area contributed by atoms with E-state index in [4.69, 9.17) is 9.47 Å². The van der Waals surface area contributed by atoms with Crippen LogP contribution >= 0.6 is 0 Å². The first kappa shape index (κ1) is 16.1. The van der Waals surface area contributed by atoms with Crippen molar-refractivity contribution < 1.29 is 9.47 Å². The molecule has 0 saturated carbocycles. The molecule has 5 heteroatoms. The highest BCUT2D eigenvalue weighted by atomic mass is 16.5. The minimum Gasteiger partial charge on any atom is -0.382 e. The second kappa shape index (κ2) is 11.0. The van der Waals surface area contributed by atoms with Crippen LogP contribution in [0.15, 0.2) is 12.3 Å². The van der Waals surface area contributed by atoms with Gasteiger partial charge in [-0.1, -0.05) is 6.92 Å². The minimum atomic E-state index is 0.680. The number of aromatic nitrogens is 2. The van der Waals surface area contributed by atoms with Crippen molar-refractivity contribution in [2.75, 3.05) is 33.5 Å². The molecule has 0 aliphatic carbocycles. The molecular weight excluding hydrogens is 242 g/mol. The normalized spacial score (nSPS) is 11.1. The molecule has 0 bridgehead atoms. The molecular formula is C14H27N3O2. The number of rotatable bonds is 12. The lowest BCUT2D eigenvalue weighted by Gasteiger charge is -2.08. The van der Waals surface area contributed by atoms with Gasteiger partial charge in [-0.05, 0) is 31.9 Å². The van der Waals surface area contributed by atoms with Gasteiger partial charge in [-0.2, -0.15) is 5.10 Å². The number of unbranched alkanes of at least 4 members (excludes halogenated alkanes) is 1. The summed E-state index contributed by atoms with van der Waals surface area (Å²) in [7, 11) is 1.69. The van der Waals surface area contributed by atoms with Gasteiger partial charge in [0.2, 0.25) is 0 Å². The number of ether oxygens (including phenoxy) is 2. The van der Waals surface area contributed by atoms with E-state index in [-0.39, 0.29) is 0 Å². The number of nitrogens with zero attached hydrogens (tertiary/aromatic N) is 2. The first-order valence-electron chi connectivity index (χ1n) is 7.16. The van der Waals surface area contributed by atoms with Crippen molar-refractivity contribution in [1.29, 1.82) is 0 Å². The maximum absolute atomic E-state index is 5.41. The highest BCUT2D eigenvalue weighted by Crippen LogP contribution is 2.00. The molecule has 110 valence electrons. The van der Waals surface area contributed by atoms with Crippen LogP contribution in [0.5, 0.6) is 0 Å². The molecule has 1 aromatic heterocycles. The van der Waals surface area contributed by atoms with Crippen LogP contribution < -0.4 is 5.32 Å². The molecule has 0 amide bonds. The van der Waals surface area contributed by atoms with Gasteiger partial charge in [-0.3, -0.25) is 4.68 Å². The maximum atomic E-state index is 5.41. The van der Waals surface area contributed by atoms with Crippen molar-refractivity contribution in [3.05, 3.63) is 18.0 Å². The largest absolute Gasteiger partial charge is 0.382 e. The van der Waals surface area contributed by atoms with Gasteiger partial charge in [0.05, 0.1) is 18.9 Å². The number of nitrogens with one attached hydrogen (secondary N) is 1. The van der Waals surface area contributed by atoms with Crippen LogP contribution in [0.1, 0.15) is 31.9 Å². The summed E-state index contributed by atoms with van der Waals surface area (Å²) in [6.45, 7) is 7.27. The van der Waals surface area contributed by atoms with Gasteiger partial charge in [0, 0.05) is 33.0 Å². The Labute approximate surface area is 116 Å². The Bertz CT molecular complexity index is 315. The Kier molecular flexibility index (Phi) is 9.32. The summed E-state index contributed by atoms with van der Waals surface area (Å²) in [5.41, 5.74) is 1.26. The summed E-state index contributed by atoms with van der Waals surface area (Å²) in [6.07, 6.45) is 5.21. The lowest BCUT2D eigenvalue weighted by Crippen LogP contribution is -2.18. The van der Waals surface area contributed by atoms with Gasteiger partial charge in [0.25, 0.3) is 0 Å². The predicted molar refractivity (Wildman–Crippen MR) is 76.2 cm³/mol. The standard InChI is InChI=1S/C14H27N3O2/c1-3-9-17-14(6-8-16-17)13-15-7-4-5-10-19-12-11-18-2/h6,8,15H,3-5,7,9-13H2,1-2H3. The van der Waals surface area contributed by atoms with Crippen LogP contribution in [0.25, 0.3) is 0 Å². The van der Waals surface area contributed by atoms with E-state index in [1.54, 1.807) is 7.11 Å². The van der Waals surface area contributed by atoms with E-state index < -0.39 is 0 Å². The molecule has 0 spiro atoms. The van der Waals surface area contributed by atoms with Gasteiger partial charge in [0.1, 0.15) is 0 Å². The molecule has 1 heterocycles. The smallest absolute Gasteiger partial charge is 0.0700 e. The third kappa shape index (κ3) is 7.30. The molecule has 0 aromatic carbocycles. The SMILES string of the molecule is CCCn1nccc1CNCCCCOCCOC. The molecule has 19 heavy (non-hydrogen) atoms. The highest BCUT2D eigenvalue weighted by Gasteiger charge is 2.00. The Hall–Kier alpha value is -0.910. The second-order valence-electron chi connectivity index (χ2n) is 4.53. The molecule has 1 N–H and O–H groups in total. The van der Waals surface area contributed by atoms with Crippen molar-refractivity contribution in [3.8, 4) is 0 Å². The van der Waals surface area contributed by atoms with Gasteiger partial charge >= 0.3 is 0 Å². The van der Waals surface area contributed by atoms with E-state index in [2.05, 4.69) is 28.1 Å². The fraction of sp³-hybridized carbons (Fsp3) is 0.786. The van der Waals surface area contributed by atoms with Crippen molar-refractivity contribution >= 4 is 0 Å². The van der Waals surface area contributed by atoms with E-state index in [0.717, 1.165) is 45.5 Å². The van der Waals surface area contributed by atoms with E-state index in [1.807, 2.05) is 6.20 Å². The summed E-state index contributed by atoms with van der Waals surface area (Å²) in [5.74, 6) is 0. The van der Waals surface area contributed by atoms with Crippen molar-refractivity contribution in [2.24, 2.45) is 0 Å². The third-order valence-electron chi connectivity index (χ3n) is 2.87. The summed E-state index contributed by atoms with van der Waals surface area (Å²) in [4.78, 5) is 0. The molecule has 1 rings (SSSR count). The van der Waals surface area contributed by atoms with Crippen LogP contribution in [0.3, 0.4) is 0 Å². The summed E-state index contributed by atoms with van der Waals surface area (Å²) < 4.78 is 12.4. The summed E-state index contributed by atoms with van der Waals surface area (Å²) >= 11 is 0. The number of methoxy groups -OCH3 is 1. The molecule has 1 aromatic rings. The van der Waals surface area contributed by atoms with Crippen LogP contribution in [0.4, 0.5) is 0 Å². The van der Waals surface area contributed by atoms with Gasteiger partial charge in [-0.15, -0.1) is 0 Å². The summed E-state index contributed by atoms with van der Waals surface area (Å²) in [6, 6.07) is 2.08. The third-order valence-corrected chi connectivity index (χ3v) is 2.87. The fourth-order valence-corrected chi connectivity index (χ4v) is 1.84. The minimum absolute atomic E-state index is 0.680. The molecule has 0 atom stereocenters. The molecule has 0 aliphatic heterocycles. The van der Waals surface area contributed by atoms with Crippen LogP contribution in [-0.4, -0.2) is 43.3 Å². The van der Waals surface area contributed by atoms with Gasteiger partial charge in [0.15, 0.2) is 0 Å². The second-order valence-corrected chi connectivity index (χ2v) is 4.53. The zero-order valence-electron chi connectivity index (χ0n) is 12.2. The molecule has 0 saturated heterocycles. The van der Waals surface area contributed by atoms with Crippen LogP contribution in [0.2, 0.25) is 0 Å². The molecule has 0 fully saturated rings. The fourth-order valence-electron chi connectivity index (χ4n) is 1.84. The number of hydrogen-bond donors (Lipinski definition) is 1. The number of hydrogen-bond acceptors (Lipinski definition) is 4. The van der Waals surface area contributed by atoms with Crippen molar-refractivity contribution in [3.63, 3.8) is 0 Å². The first-order valence-corrected chi connectivity index (χ1v) is 7.16. The summed E-state index contributed by atoms with van der Waals surface area (Å²) in [5, 5.41) is 7.76. The van der Waals surface area contributed by atoms with E-state index in [0.29, 0.717) is 13.2 Å². The topological polar surface area (TPSA) is 48.3 Å². The average molecular weight is 269 g/mol. The lowest BCUT2D eigenvalue weighted by atomic mass is 10.3. The maximum Gasteiger partial charge on any atom is 0.0700 e. The Morgan fingerprint density at radius 2 is 2.16 bits per heavy atom. The van der Waals surface area contributed by atoms with Gasteiger partial charge < -0.3 is 14.8 Å². The van der Waals surface area contributed by atoms with Crippen molar-refractivity contribution in [2.45, 2.75) is 39.3 Å². The number of aryl methyl sites for hydroxylation is 1. The van der Waals surface area contributed by atoms with Crippen molar-refractivity contribution in [1.82, 2.24) is 15.1 Å². The zero-order valence-corrected chi connectivity index (χ0v) is 12.2. The Balaban J connectivity index is 1.97. The Morgan fingerprint density at radius 3 is 2.95 bits per heavy atom. The molecule has 0 aliphatic rings. The van der Waals surface area contributed by atoms with Crippen LogP contribution in [0, 0.1) is 0 Å².